The number of nitrogens with zero attached hydrogens (tertiary/aromatic N) is 2. The molecule has 1 unspecified atom stereocenters. The Morgan fingerprint density at radius 2 is 2.40 bits per heavy atom. The van der Waals surface area contributed by atoms with Crippen LogP contribution in [0.25, 0.3) is 0 Å². The molecular formula is C13H14N4O2S. The molecule has 0 saturated heterocycles. The Kier molecular flexibility index (Phi) is 3.87. The van der Waals surface area contributed by atoms with Gasteiger partial charge in [0.2, 0.25) is 5.91 Å². The number of para-hydroxylation sites is 1. The molecule has 6 nitrogen and oxygen atoms in total. The Balaban J connectivity index is 1.59. The largest absolute Gasteiger partial charge is 0.493 e. The Morgan fingerprint density at radius 1 is 1.50 bits per heavy atom. The lowest BCUT2D eigenvalue weighted by atomic mass is 10.0. The first kappa shape index (κ1) is 13.0. The zero-order valence-electron chi connectivity index (χ0n) is 10.7. The van der Waals surface area contributed by atoms with E-state index in [1.165, 1.54) is 18.1 Å². The van der Waals surface area contributed by atoms with Crippen molar-refractivity contribution in [2.75, 3.05) is 12.4 Å². The van der Waals surface area contributed by atoms with E-state index in [1.54, 1.807) is 0 Å². The smallest absolute Gasteiger partial charge is 0.230 e. The molecule has 1 atom stereocenters. The minimum Gasteiger partial charge on any atom is -0.493 e. The first-order valence-corrected chi connectivity index (χ1v) is 7.31. The number of fused-ring (bicyclic) bond motifs is 1. The summed E-state index contributed by atoms with van der Waals surface area (Å²) >= 11 is 1.33. The highest BCUT2D eigenvalue weighted by Gasteiger charge is 2.22. The Bertz CT molecular complexity index is 588. The number of amides is 1. The van der Waals surface area contributed by atoms with Crippen molar-refractivity contribution >= 4 is 17.7 Å². The van der Waals surface area contributed by atoms with E-state index in [-0.39, 0.29) is 11.9 Å². The molecule has 2 N–H and O–H groups in total. The summed E-state index contributed by atoms with van der Waals surface area (Å²) in [4.78, 5) is 15.9. The monoisotopic (exact) mass is 290 g/mol. The molecule has 20 heavy (non-hydrogen) atoms. The number of H-pyrrole nitrogens is 1. The van der Waals surface area contributed by atoms with Crippen LogP contribution in [-0.4, -0.2) is 33.4 Å². The predicted molar refractivity (Wildman–Crippen MR) is 74.5 cm³/mol. The van der Waals surface area contributed by atoms with Crippen LogP contribution in [0, 0.1) is 0 Å². The van der Waals surface area contributed by atoms with Gasteiger partial charge in [-0.15, -0.1) is 0 Å². The molecule has 0 fully saturated rings. The summed E-state index contributed by atoms with van der Waals surface area (Å²) in [6.07, 6.45) is 2.21. The van der Waals surface area contributed by atoms with Crippen LogP contribution in [0.4, 0.5) is 0 Å². The Hall–Kier alpha value is -2.02. The summed E-state index contributed by atoms with van der Waals surface area (Å²) in [6, 6.07) is 7.82. The lowest BCUT2D eigenvalue weighted by Crippen LogP contribution is -2.33. The molecular weight excluding hydrogens is 276 g/mol. The van der Waals surface area contributed by atoms with Gasteiger partial charge in [0.1, 0.15) is 12.1 Å². The third-order valence-corrected chi connectivity index (χ3v) is 3.90. The summed E-state index contributed by atoms with van der Waals surface area (Å²) in [5.41, 5.74) is 1.04. The second-order valence-electron chi connectivity index (χ2n) is 4.37. The lowest BCUT2D eigenvalue weighted by Gasteiger charge is -2.26. The fraction of sp³-hybridized carbons (Fsp3) is 0.308. The van der Waals surface area contributed by atoms with Gasteiger partial charge < -0.3 is 10.1 Å². The molecule has 104 valence electrons. The summed E-state index contributed by atoms with van der Waals surface area (Å²) in [5, 5.41) is 10.1. The molecule has 7 heteroatoms. The van der Waals surface area contributed by atoms with Gasteiger partial charge in [-0.2, -0.15) is 5.10 Å². The SMILES string of the molecule is O=C(CSc1ncn[nH]1)NC1CCOc2ccccc21. The molecule has 2 aromatic rings. The fourth-order valence-electron chi connectivity index (χ4n) is 2.13. The van der Waals surface area contributed by atoms with Crippen molar-refractivity contribution in [1.82, 2.24) is 20.5 Å². The highest BCUT2D eigenvalue weighted by Crippen LogP contribution is 2.31. The molecule has 0 bridgehead atoms. The highest BCUT2D eigenvalue weighted by molar-refractivity contribution is 7.99. The van der Waals surface area contributed by atoms with Gasteiger partial charge >= 0.3 is 0 Å². The van der Waals surface area contributed by atoms with Gasteiger partial charge in [-0.1, -0.05) is 30.0 Å². The zero-order chi connectivity index (χ0) is 13.8. The highest BCUT2D eigenvalue weighted by atomic mass is 32.2. The summed E-state index contributed by atoms with van der Waals surface area (Å²) in [7, 11) is 0. The number of aromatic amines is 1. The molecule has 2 heterocycles. The van der Waals surface area contributed by atoms with Gasteiger partial charge in [-0.25, -0.2) is 4.98 Å². The van der Waals surface area contributed by atoms with E-state index in [0.717, 1.165) is 17.7 Å². The van der Waals surface area contributed by atoms with Crippen LogP contribution in [0.5, 0.6) is 5.75 Å². The Labute approximate surface area is 120 Å². The van der Waals surface area contributed by atoms with E-state index in [4.69, 9.17) is 4.74 Å². The van der Waals surface area contributed by atoms with Crippen LogP contribution in [0.1, 0.15) is 18.0 Å². The molecule has 0 spiro atoms. The minimum atomic E-state index is -0.0203. The molecule has 1 aromatic heterocycles. The maximum atomic E-state index is 12.0. The van der Waals surface area contributed by atoms with Crippen molar-refractivity contribution in [2.24, 2.45) is 0 Å². The average Bonchev–Trinajstić information content (AvgIpc) is 2.99. The quantitative estimate of drug-likeness (QED) is 0.835. The van der Waals surface area contributed by atoms with Crippen LogP contribution >= 0.6 is 11.8 Å². The molecule has 0 aliphatic carbocycles. The van der Waals surface area contributed by atoms with Crippen molar-refractivity contribution in [2.45, 2.75) is 17.6 Å². The Morgan fingerprint density at radius 3 is 3.25 bits per heavy atom. The van der Waals surface area contributed by atoms with Crippen molar-refractivity contribution in [3.05, 3.63) is 36.2 Å². The number of thioether (sulfide) groups is 1. The van der Waals surface area contributed by atoms with Crippen LogP contribution in [-0.2, 0) is 4.79 Å². The van der Waals surface area contributed by atoms with Crippen molar-refractivity contribution in [3.63, 3.8) is 0 Å². The van der Waals surface area contributed by atoms with Crippen molar-refractivity contribution in [3.8, 4) is 5.75 Å². The second kappa shape index (κ2) is 5.96. The fourth-order valence-corrected chi connectivity index (χ4v) is 2.72. The molecule has 3 rings (SSSR count). The molecule has 1 aliphatic heterocycles. The first-order chi connectivity index (χ1) is 9.83. The van der Waals surface area contributed by atoms with Crippen LogP contribution in [0.15, 0.2) is 35.7 Å². The minimum absolute atomic E-state index is 0.0165. The normalized spacial score (nSPS) is 17.1. The van der Waals surface area contributed by atoms with Gasteiger partial charge in [0.25, 0.3) is 0 Å². The standard InChI is InChI=1S/C13H14N4O2S/c18-12(7-20-13-14-8-15-17-13)16-10-5-6-19-11-4-2-1-3-9(10)11/h1-4,8,10H,5-7H2,(H,16,18)(H,14,15,17). The number of hydrogen-bond donors (Lipinski definition) is 2. The third-order valence-electron chi connectivity index (χ3n) is 3.03. The number of carbonyl (C=O) groups excluding carboxylic acids is 1. The molecule has 1 aliphatic rings. The lowest BCUT2D eigenvalue weighted by molar-refractivity contribution is -0.119. The van der Waals surface area contributed by atoms with E-state index in [2.05, 4.69) is 20.5 Å². The maximum Gasteiger partial charge on any atom is 0.230 e. The summed E-state index contributed by atoms with van der Waals surface area (Å²) < 4.78 is 5.57. The topological polar surface area (TPSA) is 79.9 Å². The van der Waals surface area contributed by atoms with Gasteiger partial charge in [-0.3, -0.25) is 9.89 Å². The molecule has 1 amide bonds. The molecule has 1 aromatic carbocycles. The van der Waals surface area contributed by atoms with Crippen LogP contribution in [0.2, 0.25) is 0 Å². The van der Waals surface area contributed by atoms with Gasteiger partial charge in [-0.05, 0) is 6.07 Å². The van der Waals surface area contributed by atoms with Crippen LogP contribution in [0.3, 0.4) is 0 Å². The summed E-state index contributed by atoms with van der Waals surface area (Å²) in [6.45, 7) is 0.622. The van der Waals surface area contributed by atoms with Gasteiger partial charge in [0, 0.05) is 12.0 Å². The molecule has 0 radical (unpaired) electrons. The van der Waals surface area contributed by atoms with E-state index in [1.807, 2.05) is 24.3 Å². The maximum absolute atomic E-state index is 12.0. The zero-order valence-corrected chi connectivity index (χ0v) is 11.5. The number of carbonyl (C=O) groups is 1. The number of nitrogens with one attached hydrogen (secondary N) is 2. The van der Waals surface area contributed by atoms with Crippen LogP contribution < -0.4 is 10.1 Å². The van der Waals surface area contributed by atoms with E-state index >= 15 is 0 Å². The third kappa shape index (κ3) is 2.93. The summed E-state index contributed by atoms with van der Waals surface area (Å²) in [5.74, 6) is 1.15. The number of hydrogen-bond acceptors (Lipinski definition) is 5. The molecule has 0 saturated carbocycles. The predicted octanol–water partition coefficient (Wildman–Crippen LogP) is 1.54. The van der Waals surface area contributed by atoms with Gasteiger partial charge in [0.15, 0.2) is 5.16 Å². The number of aromatic nitrogens is 3. The number of rotatable bonds is 4. The average molecular weight is 290 g/mol. The van der Waals surface area contributed by atoms with E-state index in [0.29, 0.717) is 17.5 Å². The van der Waals surface area contributed by atoms with Crippen molar-refractivity contribution in [1.29, 1.82) is 0 Å². The van der Waals surface area contributed by atoms with E-state index in [9.17, 15) is 4.79 Å². The van der Waals surface area contributed by atoms with E-state index < -0.39 is 0 Å². The first-order valence-electron chi connectivity index (χ1n) is 6.32. The number of ether oxygens (including phenoxy) is 1. The van der Waals surface area contributed by atoms with Crippen molar-refractivity contribution < 1.29 is 9.53 Å². The van der Waals surface area contributed by atoms with Gasteiger partial charge in [0.05, 0.1) is 18.4 Å². The second-order valence-corrected chi connectivity index (χ2v) is 5.34. The number of benzene rings is 1.